The van der Waals surface area contributed by atoms with Gasteiger partial charge in [0.2, 0.25) is 5.67 Å². The zero-order valence-electron chi connectivity index (χ0n) is 8.99. The first-order valence-corrected chi connectivity index (χ1v) is 5.11. The number of aliphatic carboxylic acids is 1. The first-order chi connectivity index (χ1) is 7.50. The van der Waals surface area contributed by atoms with Crippen molar-refractivity contribution in [3.8, 4) is 0 Å². The fourth-order valence-corrected chi connectivity index (χ4v) is 1.54. The minimum atomic E-state index is -2.84. The highest BCUT2D eigenvalue weighted by Gasteiger charge is 2.46. The number of rotatable bonds is 5. The predicted octanol–water partition coefficient (Wildman–Crippen LogP) is 2.77. The molecule has 0 spiro atoms. The van der Waals surface area contributed by atoms with Crippen LogP contribution in [0, 0.1) is 0 Å². The van der Waals surface area contributed by atoms with Crippen LogP contribution in [0.2, 0.25) is 0 Å². The van der Waals surface area contributed by atoms with Crippen molar-refractivity contribution in [3.63, 3.8) is 0 Å². The molecule has 0 bridgehead atoms. The molecule has 0 aliphatic carbocycles. The molecule has 0 fully saturated rings. The van der Waals surface area contributed by atoms with Crippen LogP contribution in [0.25, 0.3) is 0 Å². The van der Waals surface area contributed by atoms with Gasteiger partial charge >= 0.3 is 5.97 Å². The van der Waals surface area contributed by atoms with E-state index in [0.717, 1.165) is 0 Å². The Morgan fingerprint density at radius 1 is 1.44 bits per heavy atom. The van der Waals surface area contributed by atoms with Crippen molar-refractivity contribution < 1.29 is 18.7 Å². The van der Waals surface area contributed by atoms with E-state index in [4.69, 9.17) is 5.11 Å². The van der Waals surface area contributed by atoms with Crippen LogP contribution in [0.15, 0.2) is 30.3 Å². The highest BCUT2D eigenvalue weighted by Crippen LogP contribution is 2.27. The highest BCUT2D eigenvalue weighted by molar-refractivity contribution is 5.78. The Kier molecular flexibility index (Phi) is 3.99. The van der Waals surface area contributed by atoms with Crippen molar-refractivity contribution in [3.05, 3.63) is 35.9 Å². The summed E-state index contributed by atoms with van der Waals surface area (Å²) >= 11 is 0. The molecule has 1 rings (SSSR count). The average Bonchev–Trinajstić information content (AvgIpc) is 2.28. The van der Waals surface area contributed by atoms with Crippen molar-refractivity contribution in [2.24, 2.45) is 0 Å². The molecule has 0 amide bonds. The lowest BCUT2D eigenvalue weighted by molar-refractivity contribution is -0.156. The molecule has 0 radical (unpaired) electrons. The summed E-state index contributed by atoms with van der Waals surface area (Å²) in [7, 11) is 0. The quantitative estimate of drug-likeness (QED) is 0.841. The van der Waals surface area contributed by atoms with Crippen LogP contribution in [-0.4, -0.2) is 22.9 Å². The summed E-state index contributed by atoms with van der Waals surface area (Å²) in [6, 6.07) is 8.23. The normalized spacial score (nSPS) is 16.4. The van der Waals surface area contributed by atoms with Crippen molar-refractivity contribution in [2.45, 2.75) is 31.6 Å². The lowest BCUT2D eigenvalue weighted by Crippen LogP contribution is -2.45. The first kappa shape index (κ1) is 12.6. The largest absolute Gasteiger partial charge is 0.479 e. The predicted molar refractivity (Wildman–Crippen MR) is 56.8 cm³/mol. The van der Waals surface area contributed by atoms with E-state index in [1.165, 1.54) is 6.92 Å². The van der Waals surface area contributed by atoms with Crippen LogP contribution in [0.5, 0.6) is 0 Å². The number of carboxylic acid groups (broad SMARTS) is 1. The van der Waals surface area contributed by atoms with Crippen molar-refractivity contribution in [1.82, 2.24) is 0 Å². The fourth-order valence-electron chi connectivity index (χ4n) is 1.54. The minimum Gasteiger partial charge on any atom is -0.479 e. The average molecular weight is 228 g/mol. The van der Waals surface area contributed by atoms with Gasteiger partial charge in [-0.25, -0.2) is 13.6 Å². The second-order valence-electron chi connectivity index (χ2n) is 3.71. The van der Waals surface area contributed by atoms with E-state index in [1.807, 2.05) is 0 Å². The van der Waals surface area contributed by atoms with Gasteiger partial charge in [0.15, 0.2) is 0 Å². The standard InChI is InChI=1S/C12H14F2O2/c1-2-10(13)12(14,11(15)16)8-9-6-4-3-5-7-9/h3-7,10H,2,8H2,1H3,(H,15,16). The molecule has 2 nitrogen and oxygen atoms in total. The van der Waals surface area contributed by atoms with Gasteiger partial charge in [0.25, 0.3) is 0 Å². The summed E-state index contributed by atoms with van der Waals surface area (Å²) in [6.07, 6.45) is -2.60. The molecular formula is C12H14F2O2. The molecule has 2 atom stereocenters. The van der Waals surface area contributed by atoms with Gasteiger partial charge in [-0.15, -0.1) is 0 Å². The first-order valence-electron chi connectivity index (χ1n) is 5.11. The number of halogens is 2. The molecular weight excluding hydrogens is 214 g/mol. The van der Waals surface area contributed by atoms with Gasteiger partial charge in [0, 0.05) is 6.42 Å². The highest BCUT2D eigenvalue weighted by atomic mass is 19.2. The van der Waals surface area contributed by atoms with E-state index in [9.17, 15) is 13.6 Å². The van der Waals surface area contributed by atoms with E-state index in [1.54, 1.807) is 30.3 Å². The molecule has 88 valence electrons. The molecule has 2 unspecified atom stereocenters. The summed E-state index contributed by atoms with van der Waals surface area (Å²) in [6.45, 7) is 1.42. The number of benzene rings is 1. The van der Waals surface area contributed by atoms with E-state index < -0.39 is 24.2 Å². The van der Waals surface area contributed by atoms with Gasteiger partial charge in [-0.2, -0.15) is 0 Å². The third-order valence-corrected chi connectivity index (χ3v) is 2.51. The van der Waals surface area contributed by atoms with Crippen LogP contribution in [0.1, 0.15) is 18.9 Å². The molecule has 1 N–H and O–H groups in total. The summed E-state index contributed by atoms with van der Waals surface area (Å²) in [5.41, 5.74) is -2.36. The lowest BCUT2D eigenvalue weighted by Gasteiger charge is -2.23. The maximum atomic E-state index is 14.0. The summed E-state index contributed by atoms with van der Waals surface area (Å²) in [4.78, 5) is 10.8. The maximum Gasteiger partial charge on any atom is 0.344 e. The topological polar surface area (TPSA) is 37.3 Å². The monoisotopic (exact) mass is 228 g/mol. The second-order valence-corrected chi connectivity index (χ2v) is 3.71. The Morgan fingerprint density at radius 3 is 2.44 bits per heavy atom. The molecule has 1 aromatic rings. The van der Waals surface area contributed by atoms with Gasteiger partial charge in [0.05, 0.1) is 0 Å². The number of hydrogen-bond acceptors (Lipinski definition) is 1. The van der Waals surface area contributed by atoms with E-state index >= 15 is 0 Å². The lowest BCUT2D eigenvalue weighted by atomic mass is 9.90. The van der Waals surface area contributed by atoms with Gasteiger partial charge < -0.3 is 5.11 Å². The van der Waals surface area contributed by atoms with Crippen LogP contribution in [0.4, 0.5) is 8.78 Å². The zero-order valence-corrected chi connectivity index (χ0v) is 8.99. The molecule has 0 aliphatic rings. The molecule has 0 heterocycles. The third kappa shape index (κ3) is 2.56. The SMILES string of the molecule is CCC(F)C(F)(Cc1ccccc1)C(=O)O. The summed E-state index contributed by atoms with van der Waals surface area (Å²) in [5.74, 6) is -1.74. The van der Waals surface area contributed by atoms with Crippen LogP contribution < -0.4 is 0 Å². The number of alkyl halides is 2. The number of carbonyl (C=O) groups is 1. The number of carboxylic acids is 1. The van der Waals surface area contributed by atoms with Crippen LogP contribution in [0.3, 0.4) is 0 Å². The maximum absolute atomic E-state index is 14.0. The Morgan fingerprint density at radius 2 is 2.00 bits per heavy atom. The molecule has 0 aliphatic heterocycles. The van der Waals surface area contributed by atoms with E-state index in [0.29, 0.717) is 5.56 Å². The molecule has 0 saturated carbocycles. The molecule has 0 aromatic heterocycles. The summed E-state index contributed by atoms with van der Waals surface area (Å²) < 4.78 is 27.4. The van der Waals surface area contributed by atoms with E-state index in [2.05, 4.69) is 0 Å². The number of hydrogen-bond donors (Lipinski definition) is 1. The van der Waals surface area contributed by atoms with Gasteiger partial charge in [-0.1, -0.05) is 37.3 Å². The zero-order chi connectivity index (χ0) is 12.2. The van der Waals surface area contributed by atoms with Crippen molar-refractivity contribution >= 4 is 5.97 Å². The third-order valence-electron chi connectivity index (χ3n) is 2.51. The summed E-state index contributed by atoms with van der Waals surface area (Å²) in [5, 5.41) is 8.78. The van der Waals surface area contributed by atoms with Gasteiger partial charge in [-0.3, -0.25) is 0 Å². The fraction of sp³-hybridized carbons (Fsp3) is 0.417. The molecule has 16 heavy (non-hydrogen) atoms. The molecule has 0 saturated heterocycles. The van der Waals surface area contributed by atoms with Crippen LogP contribution in [-0.2, 0) is 11.2 Å². The molecule has 4 heteroatoms. The minimum absolute atomic E-state index is 0.157. The Balaban J connectivity index is 2.92. The Labute approximate surface area is 92.9 Å². The second kappa shape index (κ2) is 5.05. The van der Waals surface area contributed by atoms with Crippen molar-refractivity contribution in [1.29, 1.82) is 0 Å². The van der Waals surface area contributed by atoms with E-state index in [-0.39, 0.29) is 6.42 Å². The Bertz CT molecular complexity index is 353. The van der Waals surface area contributed by atoms with Crippen LogP contribution >= 0.6 is 0 Å². The smallest absolute Gasteiger partial charge is 0.344 e. The Hall–Kier alpha value is -1.45. The van der Waals surface area contributed by atoms with Crippen molar-refractivity contribution in [2.75, 3.05) is 0 Å². The van der Waals surface area contributed by atoms with Gasteiger partial charge in [0.1, 0.15) is 6.17 Å². The molecule has 1 aromatic carbocycles. The van der Waals surface area contributed by atoms with Gasteiger partial charge in [-0.05, 0) is 12.0 Å².